The van der Waals surface area contributed by atoms with E-state index in [4.69, 9.17) is 10.8 Å². The van der Waals surface area contributed by atoms with Gasteiger partial charge in [-0.05, 0) is 25.5 Å². The van der Waals surface area contributed by atoms with Crippen LogP contribution in [0.5, 0.6) is 0 Å². The molecule has 0 unspecified atom stereocenters. The van der Waals surface area contributed by atoms with Gasteiger partial charge in [0.2, 0.25) is 5.91 Å². The molecule has 7 nitrogen and oxygen atoms in total. The molecule has 1 heterocycles. The quantitative estimate of drug-likeness (QED) is 0.657. The molecule has 4 N–H and O–H groups in total. The number of aryl methyl sites for hydroxylation is 2. The fourth-order valence-electron chi connectivity index (χ4n) is 1.79. The van der Waals surface area contributed by atoms with Gasteiger partial charge >= 0.3 is 5.97 Å². The first-order valence-electron chi connectivity index (χ1n) is 6.13. The number of carboxylic acids is 1. The lowest BCUT2D eigenvalue weighted by Gasteiger charge is -2.14. The van der Waals surface area contributed by atoms with Crippen LogP contribution in [-0.4, -0.2) is 39.7 Å². The largest absolute Gasteiger partial charge is 0.480 e. The van der Waals surface area contributed by atoms with E-state index in [1.165, 1.54) is 6.92 Å². The summed E-state index contributed by atoms with van der Waals surface area (Å²) in [5, 5.41) is 11.7. The minimum absolute atomic E-state index is 0.0467. The van der Waals surface area contributed by atoms with Gasteiger partial charge in [0.25, 0.3) is 5.91 Å². The lowest BCUT2D eigenvalue weighted by Crippen LogP contribution is -2.41. The number of hydrogen-bond donors (Lipinski definition) is 3. The van der Waals surface area contributed by atoms with Gasteiger partial charge in [0.05, 0.1) is 5.56 Å². The van der Waals surface area contributed by atoms with E-state index in [0.29, 0.717) is 16.3 Å². The van der Waals surface area contributed by atoms with Crippen molar-refractivity contribution in [3.8, 4) is 0 Å². The highest BCUT2D eigenvalue weighted by Gasteiger charge is 2.21. The van der Waals surface area contributed by atoms with Crippen LogP contribution in [0.3, 0.4) is 0 Å². The molecule has 114 valence electrons. The maximum absolute atomic E-state index is 11.5. The summed E-state index contributed by atoms with van der Waals surface area (Å²) in [6.07, 6.45) is 0. The van der Waals surface area contributed by atoms with Crippen molar-refractivity contribution in [2.45, 2.75) is 31.8 Å². The summed E-state index contributed by atoms with van der Waals surface area (Å²) < 4.78 is 0. The zero-order chi connectivity index (χ0) is 16.2. The first kappa shape index (κ1) is 17.0. The Labute approximate surface area is 126 Å². The predicted octanol–water partition coefficient (Wildman–Crippen LogP) is 0.479. The van der Waals surface area contributed by atoms with Crippen LogP contribution in [-0.2, 0) is 9.59 Å². The molecule has 0 fully saturated rings. The fourth-order valence-corrected chi connectivity index (χ4v) is 2.95. The Hall–Kier alpha value is -2.09. The number of aromatic nitrogens is 1. The second-order valence-electron chi connectivity index (χ2n) is 4.53. The van der Waals surface area contributed by atoms with Gasteiger partial charge < -0.3 is 16.2 Å². The minimum Gasteiger partial charge on any atom is -0.480 e. The number of thioether (sulfide) groups is 1. The molecule has 0 saturated heterocycles. The number of hydrogen-bond acceptors (Lipinski definition) is 5. The average molecular weight is 311 g/mol. The lowest BCUT2D eigenvalue weighted by molar-refractivity contribution is -0.140. The van der Waals surface area contributed by atoms with Crippen molar-refractivity contribution in [1.29, 1.82) is 0 Å². The molecule has 0 radical (unpaired) electrons. The van der Waals surface area contributed by atoms with Crippen LogP contribution in [0.1, 0.15) is 28.5 Å². The number of rotatable bonds is 6. The van der Waals surface area contributed by atoms with Gasteiger partial charge in [0, 0.05) is 18.4 Å². The molecule has 0 bridgehead atoms. The summed E-state index contributed by atoms with van der Waals surface area (Å²) in [6.45, 7) is 4.75. The maximum atomic E-state index is 11.5. The number of carbonyl (C=O) groups excluding carboxylic acids is 2. The second kappa shape index (κ2) is 7.07. The third-order valence-electron chi connectivity index (χ3n) is 2.62. The van der Waals surface area contributed by atoms with E-state index >= 15 is 0 Å². The van der Waals surface area contributed by atoms with Gasteiger partial charge in [-0.15, -0.1) is 11.8 Å². The first-order valence-corrected chi connectivity index (χ1v) is 7.11. The Morgan fingerprint density at radius 2 is 2.05 bits per heavy atom. The molecule has 2 amide bonds. The highest BCUT2D eigenvalue weighted by molar-refractivity contribution is 7.99. The molecule has 0 aliphatic rings. The summed E-state index contributed by atoms with van der Waals surface area (Å²) in [4.78, 5) is 37.8. The van der Waals surface area contributed by atoms with E-state index in [2.05, 4.69) is 10.3 Å². The van der Waals surface area contributed by atoms with Crippen molar-refractivity contribution < 1.29 is 19.5 Å². The normalized spacial score (nSPS) is 11.8. The highest BCUT2D eigenvalue weighted by Crippen LogP contribution is 2.24. The Balaban J connectivity index is 2.99. The molecule has 21 heavy (non-hydrogen) atoms. The van der Waals surface area contributed by atoms with Crippen molar-refractivity contribution in [1.82, 2.24) is 10.3 Å². The number of nitrogens with two attached hydrogens (primary N) is 1. The van der Waals surface area contributed by atoms with Crippen LogP contribution in [0.2, 0.25) is 0 Å². The molecule has 8 heteroatoms. The molecular weight excluding hydrogens is 294 g/mol. The third-order valence-corrected chi connectivity index (χ3v) is 3.69. The predicted molar refractivity (Wildman–Crippen MR) is 78.2 cm³/mol. The Kier molecular flexibility index (Phi) is 5.71. The van der Waals surface area contributed by atoms with Crippen LogP contribution < -0.4 is 11.1 Å². The van der Waals surface area contributed by atoms with Crippen molar-refractivity contribution in [3.05, 3.63) is 22.9 Å². The van der Waals surface area contributed by atoms with E-state index in [0.717, 1.165) is 11.8 Å². The number of carbonyl (C=O) groups is 3. The summed E-state index contributed by atoms with van der Waals surface area (Å²) in [6, 6.07) is 0.669. The molecule has 0 aromatic carbocycles. The van der Waals surface area contributed by atoms with Crippen LogP contribution in [0.25, 0.3) is 0 Å². The SMILES string of the molecule is CC(=O)N[C@@H](CSc1nc(C)cc(C)c1C(N)=O)C(=O)O. The van der Waals surface area contributed by atoms with Gasteiger partial charge in [0.15, 0.2) is 0 Å². The lowest BCUT2D eigenvalue weighted by atomic mass is 10.1. The smallest absolute Gasteiger partial charge is 0.327 e. The molecule has 0 aliphatic carbocycles. The minimum atomic E-state index is -1.15. The maximum Gasteiger partial charge on any atom is 0.327 e. The Morgan fingerprint density at radius 3 is 2.52 bits per heavy atom. The van der Waals surface area contributed by atoms with Gasteiger partial charge in [0.1, 0.15) is 11.1 Å². The summed E-state index contributed by atoms with van der Waals surface area (Å²) in [7, 11) is 0. The third kappa shape index (κ3) is 4.75. The molecular formula is C13H17N3O4S. The van der Waals surface area contributed by atoms with Crippen molar-refractivity contribution >= 4 is 29.5 Å². The molecule has 1 atom stereocenters. The number of pyridine rings is 1. The zero-order valence-electron chi connectivity index (χ0n) is 12.0. The summed E-state index contributed by atoms with van der Waals surface area (Å²) in [5.41, 5.74) is 6.99. The van der Waals surface area contributed by atoms with E-state index in [1.807, 2.05) is 0 Å². The number of amides is 2. The van der Waals surface area contributed by atoms with Gasteiger partial charge in [-0.25, -0.2) is 9.78 Å². The summed E-state index contributed by atoms with van der Waals surface area (Å²) in [5.74, 6) is -2.16. The molecule has 0 spiro atoms. The zero-order valence-corrected chi connectivity index (χ0v) is 12.8. The number of nitrogens with one attached hydrogen (secondary N) is 1. The van der Waals surface area contributed by atoms with Gasteiger partial charge in [-0.3, -0.25) is 9.59 Å². The molecule has 1 rings (SSSR count). The molecule has 0 saturated carbocycles. The van der Waals surface area contributed by atoms with Crippen LogP contribution in [0.4, 0.5) is 0 Å². The number of aliphatic carboxylic acids is 1. The Morgan fingerprint density at radius 1 is 1.43 bits per heavy atom. The number of primary amides is 1. The number of nitrogens with zero attached hydrogens (tertiary/aromatic N) is 1. The van der Waals surface area contributed by atoms with Gasteiger partial charge in [-0.2, -0.15) is 0 Å². The molecule has 1 aromatic heterocycles. The monoisotopic (exact) mass is 311 g/mol. The standard InChI is InChI=1S/C13H17N3O4S/c1-6-4-7(2)15-12(10(6)11(14)18)21-5-9(13(19)20)16-8(3)17/h4,9H,5H2,1-3H3,(H2,14,18)(H,16,17)(H,19,20)/t9-/m0/s1. The van der Waals surface area contributed by atoms with E-state index in [1.54, 1.807) is 19.9 Å². The second-order valence-corrected chi connectivity index (χ2v) is 5.54. The topological polar surface area (TPSA) is 122 Å². The fraction of sp³-hybridized carbons (Fsp3) is 0.385. The first-order chi connectivity index (χ1) is 9.72. The van der Waals surface area contributed by atoms with Crippen molar-refractivity contribution in [3.63, 3.8) is 0 Å². The van der Waals surface area contributed by atoms with Crippen molar-refractivity contribution in [2.24, 2.45) is 5.73 Å². The molecule has 0 aliphatic heterocycles. The Bertz CT molecular complexity index is 589. The van der Waals surface area contributed by atoms with Crippen LogP contribution >= 0.6 is 11.8 Å². The van der Waals surface area contributed by atoms with Crippen LogP contribution in [0.15, 0.2) is 11.1 Å². The van der Waals surface area contributed by atoms with E-state index in [-0.39, 0.29) is 11.3 Å². The van der Waals surface area contributed by atoms with Gasteiger partial charge in [-0.1, -0.05) is 0 Å². The average Bonchev–Trinajstić information content (AvgIpc) is 2.32. The van der Waals surface area contributed by atoms with Crippen LogP contribution in [0, 0.1) is 13.8 Å². The van der Waals surface area contributed by atoms with E-state index in [9.17, 15) is 14.4 Å². The number of carboxylic acid groups (broad SMARTS) is 1. The molecule has 1 aromatic rings. The van der Waals surface area contributed by atoms with E-state index < -0.39 is 23.8 Å². The summed E-state index contributed by atoms with van der Waals surface area (Å²) >= 11 is 1.07. The highest BCUT2D eigenvalue weighted by atomic mass is 32.2. The van der Waals surface area contributed by atoms with Crippen molar-refractivity contribution in [2.75, 3.05) is 5.75 Å².